The molecule has 1 aromatic carbocycles. The van der Waals surface area contributed by atoms with Gasteiger partial charge in [0.25, 0.3) is 11.8 Å². The van der Waals surface area contributed by atoms with Crippen LogP contribution in [0.1, 0.15) is 27.9 Å². The molecule has 0 spiro atoms. The van der Waals surface area contributed by atoms with Crippen molar-refractivity contribution in [2.45, 2.75) is 31.5 Å². The Morgan fingerprint density at radius 1 is 1.18 bits per heavy atom. The van der Waals surface area contributed by atoms with E-state index in [0.29, 0.717) is 12.3 Å². The third-order valence-electron chi connectivity index (χ3n) is 5.42. The summed E-state index contributed by atoms with van der Waals surface area (Å²) in [5.41, 5.74) is -1.42. The molecule has 180 valence electrons. The first-order chi connectivity index (χ1) is 16.0. The topological polar surface area (TPSA) is 73.1 Å². The molecule has 0 aliphatic carbocycles. The van der Waals surface area contributed by atoms with Gasteiger partial charge in [-0.3, -0.25) is 4.79 Å². The van der Waals surface area contributed by atoms with Crippen LogP contribution < -0.4 is 4.74 Å². The van der Waals surface area contributed by atoms with Crippen LogP contribution in [0.3, 0.4) is 0 Å². The number of hydrogen-bond donors (Lipinski definition) is 0. The molecule has 0 N–H and O–H groups in total. The van der Waals surface area contributed by atoms with Crippen molar-refractivity contribution in [3.05, 3.63) is 65.4 Å². The molecular formula is C21H17F6N5O2. The lowest BCUT2D eigenvalue weighted by molar-refractivity contribution is -0.137. The molecule has 0 saturated carbocycles. The lowest BCUT2D eigenvalue weighted by atomic mass is 10.1. The predicted molar refractivity (Wildman–Crippen MR) is 105 cm³/mol. The lowest BCUT2D eigenvalue weighted by Gasteiger charge is -2.28. The summed E-state index contributed by atoms with van der Waals surface area (Å²) in [6.45, 7) is 0.265. The summed E-state index contributed by atoms with van der Waals surface area (Å²) in [6.07, 6.45) is -2.19. The first-order valence-corrected chi connectivity index (χ1v) is 9.99. The van der Waals surface area contributed by atoms with E-state index < -0.39 is 54.0 Å². The number of likely N-dealkylation sites (tertiary alicyclic amines) is 1. The van der Waals surface area contributed by atoms with Gasteiger partial charge in [-0.05, 0) is 24.6 Å². The van der Waals surface area contributed by atoms with Gasteiger partial charge in [-0.25, -0.2) is 18.2 Å². The molecule has 1 atom stereocenters. The Balaban J connectivity index is 1.61. The van der Waals surface area contributed by atoms with E-state index in [9.17, 15) is 26.7 Å². The molecule has 1 saturated heterocycles. The van der Waals surface area contributed by atoms with Gasteiger partial charge in [0, 0.05) is 25.2 Å². The van der Waals surface area contributed by atoms with E-state index >= 15 is 4.39 Å². The van der Waals surface area contributed by atoms with Crippen LogP contribution in [0.5, 0.6) is 5.88 Å². The standard InChI is InChI=1S/C21H17F6N5O2/c1-12-2-4-14(32-29-7-8-30-32)17(18(12)22)19(33)31-9-6-20(23,24)15(31)11-34-16-5-3-13(10-28-16)21(25,26)27/h2-5,7-8,10,15H,6,9,11H2,1H3. The average molecular weight is 485 g/mol. The normalized spacial score (nSPS) is 17.7. The van der Waals surface area contributed by atoms with Crippen molar-refractivity contribution in [2.24, 2.45) is 0 Å². The van der Waals surface area contributed by atoms with Crippen molar-refractivity contribution in [2.75, 3.05) is 13.2 Å². The summed E-state index contributed by atoms with van der Waals surface area (Å²) in [5, 5.41) is 7.76. The fourth-order valence-corrected chi connectivity index (χ4v) is 3.60. The molecule has 4 rings (SSSR count). The van der Waals surface area contributed by atoms with Crippen molar-refractivity contribution >= 4 is 5.91 Å². The number of amides is 1. The molecule has 1 unspecified atom stereocenters. The maximum Gasteiger partial charge on any atom is 0.417 e. The zero-order valence-corrected chi connectivity index (χ0v) is 17.6. The zero-order valence-electron chi connectivity index (χ0n) is 17.6. The number of alkyl halides is 5. The molecule has 7 nitrogen and oxygen atoms in total. The van der Waals surface area contributed by atoms with Crippen molar-refractivity contribution in [3.63, 3.8) is 0 Å². The Hall–Kier alpha value is -3.64. The molecule has 3 aromatic rings. The molecule has 0 radical (unpaired) electrons. The second-order valence-electron chi connectivity index (χ2n) is 7.63. The van der Waals surface area contributed by atoms with Gasteiger partial charge in [0.05, 0.1) is 18.0 Å². The molecule has 1 fully saturated rings. The molecule has 3 heterocycles. The molecule has 0 bridgehead atoms. The maximum atomic E-state index is 15.0. The number of hydrogen-bond acceptors (Lipinski definition) is 5. The van der Waals surface area contributed by atoms with Gasteiger partial charge in [-0.1, -0.05) is 6.07 Å². The number of pyridine rings is 1. The summed E-state index contributed by atoms with van der Waals surface area (Å²) in [7, 11) is 0. The molecule has 1 aliphatic rings. The zero-order chi connectivity index (χ0) is 24.7. The average Bonchev–Trinajstić information content (AvgIpc) is 3.41. The SMILES string of the molecule is Cc1ccc(-n2nccn2)c(C(=O)N2CCC(F)(F)C2COc2ccc(C(F)(F)F)cn2)c1F. The second kappa shape index (κ2) is 8.61. The maximum absolute atomic E-state index is 15.0. The van der Waals surface area contributed by atoms with Crippen LogP contribution in [0.25, 0.3) is 5.69 Å². The number of carbonyl (C=O) groups excluding carboxylic acids is 1. The van der Waals surface area contributed by atoms with E-state index in [2.05, 4.69) is 15.2 Å². The minimum Gasteiger partial charge on any atom is -0.475 e. The smallest absolute Gasteiger partial charge is 0.417 e. The highest BCUT2D eigenvalue weighted by Gasteiger charge is 2.52. The number of aryl methyl sites for hydroxylation is 1. The summed E-state index contributed by atoms with van der Waals surface area (Å²) in [5.74, 6) is -5.63. The first-order valence-electron chi connectivity index (χ1n) is 9.99. The van der Waals surface area contributed by atoms with E-state index in [0.717, 1.165) is 15.8 Å². The monoisotopic (exact) mass is 485 g/mol. The van der Waals surface area contributed by atoms with Gasteiger partial charge in [-0.2, -0.15) is 28.2 Å². The number of aromatic nitrogens is 4. The van der Waals surface area contributed by atoms with Gasteiger partial charge >= 0.3 is 6.18 Å². The Kier molecular flexibility index (Phi) is 5.96. The molecule has 1 aliphatic heterocycles. The van der Waals surface area contributed by atoms with Gasteiger partial charge in [0.2, 0.25) is 5.88 Å². The second-order valence-corrected chi connectivity index (χ2v) is 7.63. The molecule has 13 heteroatoms. The minimum absolute atomic E-state index is 0.0302. The van der Waals surface area contributed by atoms with Crippen LogP contribution in [0.2, 0.25) is 0 Å². The number of nitrogens with zero attached hydrogens (tertiary/aromatic N) is 5. The van der Waals surface area contributed by atoms with Crippen LogP contribution in [0, 0.1) is 12.7 Å². The molecule has 34 heavy (non-hydrogen) atoms. The number of rotatable bonds is 5. The summed E-state index contributed by atoms with van der Waals surface area (Å²) >= 11 is 0. The largest absolute Gasteiger partial charge is 0.475 e. The summed E-state index contributed by atoms with van der Waals surface area (Å²) in [4.78, 5) is 18.6. The van der Waals surface area contributed by atoms with Gasteiger partial charge in [0.15, 0.2) is 0 Å². The highest BCUT2D eigenvalue weighted by atomic mass is 19.4. The van der Waals surface area contributed by atoms with E-state index in [1.165, 1.54) is 31.5 Å². The Morgan fingerprint density at radius 3 is 2.50 bits per heavy atom. The van der Waals surface area contributed by atoms with Crippen LogP contribution >= 0.6 is 0 Å². The Morgan fingerprint density at radius 2 is 1.88 bits per heavy atom. The van der Waals surface area contributed by atoms with Crippen LogP contribution in [0.4, 0.5) is 26.3 Å². The third kappa shape index (κ3) is 4.41. The van der Waals surface area contributed by atoms with Gasteiger partial charge < -0.3 is 9.64 Å². The fraction of sp³-hybridized carbons (Fsp3) is 0.333. The van der Waals surface area contributed by atoms with Crippen LogP contribution in [-0.4, -0.2) is 55.9 Å². The van der Waals surface area contributed by atoms with Crippen molar-refractivity contribution in [3.8, 4) is 11.6 Å². The highest BCUT2D eigenvalue weighted by Crippen LogP contribution is 2.36. The van der Waals surface area contributed by atoms with Gasteiger partial charge in [0.1, 0.15) is 29.7 Å². The van der Waals surface area contributed by atoms with E-state index in [4.69, 9.17) is 4.74 Å². The fourth-order valence-electron chi connectivity index (χ4n) is 3.60. The first kappa shape index (κ1) is 23.5. The van der Waals surface area contributed by atoms with Crippen LogP contribution in [-0.2, 0) is 6.18 Å². The summed E-state index contributed by atoms with van der Waals surface area (Å²) < 4.78 is 87.6. The van der Waals surface area contributed by atoms with E-state index in [1.807, 2.05) is 0 Å². The van der Waals surface area contributed by atoms with Crippen molar-refractivity contribution in [1.82, 2.24) is 24.9 Å². The summed E-state index contributed by atoms with van der Waals surface area (Å²) in [6, 6.07) is 2.59. The minimum atomic E-state index is -4.62. The number of ether oxygens (including phenoxy) is 1. The molecule has 2 aromatic heterocycles. The number of benzene rings is 1. The van der Waals surface area contributed by atoms with Crippen molar-refractivity contribution < 1.29 is 35.9 Å². The quantitative estimate of drug-likeness (QED) is 0.510. The Labute approximate surface area is 189 Å². The molecular weight excluding hydrogens is 468 g/mol. The number of carbonyl (C=O) groups is 1. The van der Waals surface area contributed by atoms with Gasteiger partial charge in [-0.15, -0.1) is 0 Å². The van der Waals surface area contributed by atoms with Crippen LogP contribution in [0.15, 0.2) is 42.9 Å². The predicted octanol–water partition coefficient (Wildman–Crippen LogP) is 4.06. The lowest BCUT2D eigenvalue weighted by Crippen LogP contribution is -2.46. The Bertz CT molecular complexity index is 1180. The third-order valence-corrected chi connectivity index (χ3v) is 5.42. The highest BCUT2D eigenvalue weighted by molar-refractivity contribution is 5.98. The van der Waals surface area contributed by atoms with Crippen molar-refractivity contribution in [1.29, 1.82) is 0 Å². The van der Waals surface area contributed by atoms with E-state index in [1.54, 1.807) is 0 Å². The van der Waals surface area contributed by atoms with E-state index in [-0.39, 0.29) is 23.7 Å². The number of halogens is 6. The molecule has 1 amide bonds.